The number of hydrogen-bond donors (Lipinski definition) is 2. The van der Waals surface area contributed by atoms with E-state index in [0.29, 0.717) is 19.5 Å². The van der Waals surface area contributed by atoms with E-state index in [4.69, 9.17) is 0 Å². The second kappa shape index (κ2) is 5.97. The summed E-state index contributed by atoms with van der Waals surface area (Å²) >= 11 is 0. The molecule has 1 aromatic rings. The zero-order chi connectivity index (χ0) is 15.7. The summed E-state index contributed by atoms with van der Waals surface area (Å²) in [6.45, 7) is 2.98. The van der Waals surface area contributed by atoms with Gasteiger partial charge in [0.05, 0.1) is 0 Å². The summed E-state index contributed by atoms with van der Waals surface area (Å²) in [6.07, 6.45) is 0.502. The Bertz CT molecular complexity index is 549. The van der Waals surface area contributed by atoms with Crippen LogP contribution in [0, 0.1) is 35.0 Å². The smallest absolute Gasteiger partial charge is 0.257 e. The van der Waals surface area contributed by atoms with Gasteiger partial charge in [0.1, 0.15) is 5.56 Å². The van der Waals surface area contributed by atoms with Crippen molar-refractivity contribution in [1.82, 2.24) is 10.6 Å². The van der Waals surface area contributed by atoms with Crippen molar-refractivity contribution in [1.29, 1.82) is 0 Å². The third-order valence-corrected chi connectivity index (χ3v) is 3.54. The molecule has 1 aromatic carbocycles. The highest BCUT2D eigenvalue weighted by molar-refractivity contribution is 5.95. The van der Waals surface area contributed by atoms with Gasteiger partial charge in [0, 0.05) is 6.04 Å². The van der Waals surface area contributed by atoms with Crippen LogP contribution in [0.4, 0.5) is 22.0 Å². The van der Waals surface area contributed by atoms with Crippen molar-refractivity contribution in [3.63, 3.8) is 0 Å². The predicted molar refractivity (Wildman–Crippen MR) is 64.1 cm³/mol. The van der Waals surface area contributed by atoms with Gasteiger partial charge in [-0.3, -0.25) is 4.79 Å². The van der Waals surface area contributed by atoms with Gasteiger partial charge in [0.15, 0.2) is 23.3 Å². The Hall–Kier alpha value is -1.70. The minimum atomic E-state index is -2.28. The number of halogens is 5. The summed E-state index contributed by atoms with van der Waals surface area (Å²) in [5.41, 5.74) is -1.45. The lowest BCUT2D eigenvalue weighted by molar-refractivity contribution is 0.0902. The van der Waals surface area contributed by atoms with Gasteiger partial charge < -0.3 is 10.6 Å². The molecule has 1 amide bonds. The van der Waals surface area contributed by atoms with E-state index in [1.807, 2.05) is 0 Å². The van der Waals surface area contributed by atoms with E-state index < -0.39 is 46.6 Å². The first-order valence-electron chi connectivity index (χ1n) is 6.37. The van der Waals surface area contributed by atoms with Crippen LogP contribution in [0.25, 0.3) is 0 Å². The molecular formula is C13H13F5N2O. The summed E-state index contributed by atoms with van der Waals surface area (Å²) in [7, 11) is 0. The molecule has 1 aliphatic heterocycles. The molecule has 0 aromatic heterocycles. The molecule has 3 nitrogen and oxygen atoms in total. The molecule has 1 heterocycles. The topological polar surface area (TPSA) is 41.1 Å². The van der Waals surface area contributed by atoms with Gasteiger partial charge in [-0.2, -0.15) is 0 Å². The third-order valence-electron chi connectivity index (χ3n) is 3.54. The first-order chi connectivity index (χ1) is 9.84. The van der Waals surface area contributed by atoms with Gasteiger partial charge in [-0.15, -0.1) is 0 Å². The zero-order valence-corrected chi connectivity index (χ0v) is 11.1. The van der Waals surface area contributed by atoms with Crippen LogP contribution < -0.4 is 10.6 Å². The summed E-state index contributed by atoms with van der Waals surface area (Å²) in [5, 5.41) is 5.38. The largest absolute Gasteiger partial charge is 0.349 e. The van der Waals surface area contributed by atoms with Crippen molar-refractivity contribution in [2.75, 3.05) is 13.1 Å². The maximum absolute atomic E-state index is 13.5. The molecule has 0 aliphatic carbocycles. The second-order valence-electron chi connectivity index (χ2n) is 4.99. The first-order valence-corrected chi connectivity index (χ1v) is 6.37. The molecule has 1 fully saturated rings. The lowest BCUT2D eigenvalue weighted by Gasteiger charge is -2.30. The summed E-state index contributed by atoms with van der Waals surface area (Å²) in [5.74, 6) is -12.1. The van der Waals surface area contributed by atoms with Crippen molar-refractivity contribution in [2.24, 2.45) is 5.92 Å². The maximum Gasteiger partial charge on any atom is 0.257 e. The molecule has 116 valence electrons. The first kappa shape index (κ1) is 15.7. The van der Waals surface area contributed by atoms with Crippen LogP contribution in [0.5, 0.6) is 0 Å². The van der Waals surface area contributed by atoms with Gasteiger partial charge >= 0.3 is 0 Å². The number of piperidine rings is 1. The minimum Gasteiger partial charge on any atom is -0.349 e. The Balaban J connectivity index is 2.31. The second-order valence-corrected chi connectivity index (χ2v) is 4.99. The highest BCUT2D eigenvalue weighted by Gasteiger charge is 2.31. The Morgan fingerprint density at radius 1 is 1.05 bits per heavy atom. The molecule has 0 bridgehead atoms. The van der Waals surface area contributed by atoms with Crippen LogP contribution in [0.3, 0.4) is 0 Å². The fraction of sp³-hybridized carbons (Fsp3) is 0.462. The van der Waals surface area contributed by atoms with E-state index in [-0.39, 0.29) is 5.92 Å². The van der Waals surface area contributed by atoms with Gasteiger partial charge in [-0.05, 0) is 25.4 Å². The summed E-state index contributed by atoms with van der Waals surface area (Å²) in [4.78, 5) is 11.8. The molecule has 2 N–H and O–H groups in total. The minimum absolute atomic E-state index is 0.0241. The van der Waals surface area contributed by atoms with Crippen LogP contribution in [0.2, 0.25) is 0 Å². The highest BCUT2D eigenvalue weighted by Crippen LogP contribution is 2.23. The van der Waals surface area contributed by atoms with E-state index in [2.05, 4.69) is 10.6 Å². The third kappa shape index (κ3) is 2.85. The molecule has 2 unspecified atom stereocenters. The van der Waals surface area contributed by atoms with Crippen LogP contribution in [-0.4, -0.2) is 25.0 Å². The van der Waals surface area contributed by atoms with Crippen molar-refractivity contribution in [3.05, 3.63) is 34.6 Å². The number of carbonyl (C=O) groups excluding carboxylic acids is 1. The maximum atomic E-state index is 13.5. The van der Waals surface area contributed by atoms with Gasteiger partial charge in [-0.25, -0.2) is 22.0 Å². The fourth-order valence-electron chi connectivity index (χ4n) is 2.27. The van der Waals surface area contributed by atoms with Crippen molar-refractivity contribution < 1.29 is 26.7 Å². The number of carbonyl (C=O) groups is 1. The predicted octanol–water partition coefficient (Wildman–Crippen LogP) is 2.11. The normalized spacial score (nSPS) is 22.2. The Kier molecular flexibility index (Phi) is 4.46. The average molecular weight is 308 g/mol. The van der Waals surface area contributed by atoms with E-state index >= 15 is 0 Å². The standard InChI is InChI=1S/C13H13F5N2O/c1-5-4-19-3-2-6(5)20-13(21)7-8(14)10(16)12(18)11(17)9(7)15/h5-6,19H,2-4H2,1H3,(H,20,21). The molecule has 2 rings (SSSR count). The number of rotatable bonds is 2. The molecule has 0 spiro atoms. The highest BCUT2D eigenvalue weighted by atomic mass is 19.2. The van der Waals surface area contributed by atoms with E-state index in [1.165, 1.54) is 0 Å². The van der Waals surface area contributed by atoms with Crippen LogP contribution in [0.15, 0.2) is 0 Å². The van der Waals surface area contributed by atoms with Gasteiger partial charge in [-0.1, -0.05) is 6.92 Å². The molecule has 1 saturated heterocycles. The number of nitrogens with one attached hydrogen (secondary N) is 2. The molecule has 8 heteroatoms. The zero-order valence-electron chi connectivity index (χ0n) is 11.1. The van der Waals surface area contributed by atoms with Crippen molar-refractivity contribution in [2.45, 2.75) is 19.4 Å². The fourth-order valence-corrected chi connectivity index (χ4v) is 2.27. The molecule has 2 atom stereocenters. The molecular weight excluding hydrogens is 295 g/mol. The van der Waals surface area contributed by atoms with Crippen LogP contribution in [-0.2, 0) is 0 Å². The van der Waals surface area contributed by atoms with Crippen molar-refractivity contribution >= 4 is 5.91 Å². The Labute approximate surface area is 117 Å². The Morgan fingerprint density at radius 3 is 2.10 bits per heavy atom. The van der Waals surface area contributed by atoms with Gasteiger partial charge in [0.25, 0.3) is 5.91 Å². The van der Waals surface area contributed by atoms with Crippen molar-refractivity contribution in [3.8, 4) is 0 Å². The van der Waals surface area contributed by atoms with Crippen LogP contribution in [0.1, 0.15) is 23.7 Å². The van der Waals surface area contributed by atoms with Gasteiger partial charge in [0.2, 0.25) is 5.82 Å². The molecule has 0 radical (unpaired) electrons. The summed E-state index contributed by atoms with van der Waals surface area (Å²) < 4.78 is 66.1. The lowest BCUT2D eigenvalue weighted by Crippen LogP contribution is -2.48. The monoisotopic (exact) mass is 308 g/mol. The quantitative estimate of drug-likeness (QED) is 0.499. The number of hydrogen-bond acceptors (Lipinski definition) is 2. The lowest BCUT2D eigenvalue weighted by atomic mass is 9.95. The van der Waals surface area contributed by atoms with E-state index in [1.54, 1.807) is 6.92 Å². The Morgan fingerprint density at radius 2 is 1.57 bits per heavy atom. The molecule has 1 aliphatic rings. The molecule has 21 heavy (non-hydrogen) atoms. The van der Waals surface area contributed by atoms with Crippen LogP contribution >= 0.6 is 0 Å². The number of amides is 1. The number of benzene rings is 1. The average Bonchev–Trinajstić information content (AvgIpc) is 2.46. The SMILES string of the molecule is CC1CNCCC1NC(=O)c1c(F)c(F)c(F)c(F)c1F. The molecule has 0 saturated carbocycles. The van der Waals surface area contributed by atoms with E-state index in [0.717, 1.165) is 0 Å². The summed E-state index contributed by atoms with van der Waals surface area (Å²) in [6, 6.07) is -0.395. The van der Waals surface area contributed by atoms with E-state index in [9.17, 15) is 26.7 Å².